The number of ether oxygens (including phenoxy) is 2. The molecule has 5 nitrogen and oxygen atoms in total. The van der Waals surface area contributed by atoms with Crippen LogP contribution in [0.5, 0.6) is 0 Å². The van der Waals surface area contributed by atoms with Crippen LogP contribution in [0.15, 0.2) is 88.5 Å². The smallest absolute Gasteiger partial charge is 0.416 e. The number of aryl methyl sites for hydroxylation is 1. The maximum atomic E-state index is 13.8. The Bertz CT molecular complexity index is 1400. The fourth-order valence-electron chi connectivity index (χ4n) is 5.36. The van der Waals surface area contributed by atoms with E-state index in [-0.39, 0.29) is 25.7 Å². The van der Waals surface area contributed by atoms with Crippen molar-refractivity contribution < 1.29 is 32.2 Å². The zero-order chi connectivity index (χ0) is 30.3. The third-order valence-corrected chi connectivity index (χ3v) is 8.19. The molecule has 1 saturated heterocycles. The van der Waals surface area contributed by atoms with Gasteiger partial charge in [0.05, 0.1) is 23.8 Å². The van der Waals surface area contributed by atoms with Crippen molar-refractivity contribution in [3.05, 3.63) is 116 Å². The second-order valence-corrected chi connectivity index (χ2v) is 11.8. The summed E-state index contributed by atoms with van der Waals surface area (Å²) in [5.41, 5.74) is 0.884. The molecule has 0 bridgehead atoms. The summed E-state index contributed by atoms with van der Waals surface area (Å²) in [4.78, 5) is 26.8. The Morgan fingerprint density at radius 1 is 1.10 bits per heavy atom. The van der Waals surface area contributed by atoms with Gasteiger partial charge < -0.3 is 9.47 Å². The molecule has 1 aliphatic heterocycles. The molecule has 1 aliphatic rings. The minimum absolute atomic E-state index is 0.0368. The highest BCUT2D eigenvalue weighted by Gasteiger charge is 2.47. The summed E-state index contributed by atoms with van der Waals surface area (Å²) in [5.74, 6) is -0.0910. The lowest BCUT2D eigenvalue weighted by molar-refractivity contribution is -0.137. The summed E-state index contributed by atoms with van der Waals surface area (Å²) < 4.78 is 53.3. The second kappa shape index (κ2) is 13.9. The van der Waals surface area contributed by atoms with Crippen LogP contribution in [0, 0.1) is 12.8 Å². The van der Waals surface area contributed by atoms with Crippen LogP contribution < -0.4 is 0 Å². The van der Waals surface area contributed by atoms with Gasteiger partial charge in [-0.3, -0.25) is 9.69 Å². The zero-order valence-corrected chi connectivity index (χ0v) is 25.6. The fraction of sp³-hybridized carbons (Fsp3) is 0.333. The van der Waals surface area contributed by atoms with Crippen molar-refractivity contribution in [1.29, 1.82) is 0 Å². The molecule has 0 saturated carbocycles. The Balaban J connectivity index is 1.68. The maximum absolute atomic E-state index is 13.8. The van der Waals surface area contributed by atoms with Crippen LogP contribution in [-0.2, 0) is 32.6 Å². The molecule has 1 amide bonds. The van der Waals surface area contributed by atoms with E-state index in [0.29, 0.717) is 27.5 Å². The molecule has 0 spiro atoms. The number of nitrogens with zero attached hydrogens (tertiary/aromatic N) is 1. The third-order valence-electron chi connectivity index (χ3n) is 7.58. The van der Waals surface area contributed by atoms with Crippen LogP contribution in [0.2, 0.25) is 0 Å². The predicted octanol–water partition coefficient (Wildman–Crippen LogP) is 8.55. The number of hydrogen-bond donors (Lipinski definition) is 0. The first-order valence-electron chi connectivity index (χ1n) is 13.7. The van der Waals surface area contributed by atoms with Crippen LogP contribution in [0.1, 0.15) is 53.7 Å². The lowest BCUT2D eigenvalue weighted by Crippen LogP contribution is -2.57. The third kappa shape index (κ3) is 7.80. The molecule has 9 heteroatoms. The molecule has 222 valence electrons. The maximum Gasteiger partial charge on any atom is 0.416 e. The van der Waals surface area contributed by atoms with Gasteiger partial charge in [-0.15, -0.1) is 0 Å². The Labute approximate surface area is 257 Å². The highest BCUT2D eigenvalue weighted by molar-refractivity contribution is 14.1. The minimum Gasteiger partial charge on any atom is -0.445 e. The number of carbonyl (C=O) groups excluding carboxylic acids is 2. The molecule has 3 aromatic carbocycles. The second-order valence-electron chi connectivity index (χ2n) is 10.6. The van der Waals surface area contributed by atoms with Crippen molar-refractivity contribution in [2.45, 2.75) is 51.1 Å². The van der Waals surface area contributed by atoms with Crippen molar-refractivity contribution >= 4 is 35.0 Å². The largest absolute Gasteiger partial charge is 0.445 e. The molecule has 42 heavy (non-hydrogen) atoms. The molecule has 0 aliphatic carbocycles. The molecule has 0 radical (unpaired) electrons. The van der Waals surface area contributed by atoms with Crippen molar-refractivity contribution in [3.63, 3.8) is 0 Å². The van der Waals surface area contributed by atoms with Gasteiger partial charge in [-0.1, -0.05) is 78.4 Å². The van der Waals surface area contributed by atoms with E-state index in [1.165, 1.54) is 0 Å². The summed E-state index contributed by atoms with van der Waals surface area (Å²) >= 11 is 1.97. The van der Waals surface area contributed by atoms with E-state index in [2.05, 4.69) is 0 Å². The minimum atomic E-state index is -4.48. The number of allylic oxidation sites excluding steroid dienone is 1. The zero-order valence-electron chi connectivity index (χ0n) is 23.4. The Morgan fingerprint density at radius 3 is 2.40 bits per heavy atom. The fourth-order valence-corrected chi connectivity index (χ4v) is 5.87. The monoisotopic (exact) mass is 691 g/mol. The number of benzene rings is 3. The molecular weight excluding hydrogens is 658 g/mol. The Hall–Kier alpha value is -3.18. The van der Waals surface area contributed by atoms with Crippen molar-refractivity contribution in [1.82, 2.24) is 4.90 Å². The van der Waals surface area contributed by atoms with Crippen LogP contribution >= 0.6 is 22.6 Å². The average molecular weight is 692 g/mol. The number of piperidine rings is 1. The number of halogens is 4. The van der Waals surface area contributed by atoms with E-state index in [4.69, 9.17) is 9.47 Å². The highest BCUT2D eigenvalue weighted by atomic mass is 127. The quantitative estimate of drug-likeness (QED) is 0.128. The van der Waals surface area contributed by atoms with Gasteiger partial charge in [0.1, 0.15) is 6.61 Å². The van der Waals surface area contributed by atoms with E-state index in [9.17, 15) is 22.8 Å². The summed E-state index contributed by atoms with van der Waals surface area (Å²) in [7, 11) is 0. The van der Waals surface area contributed by atoms with E-state index < -0.39 is 29.5 Å². The first-order chi connectivity index (χ1) is 20.0. The van der Waals surface area contributed by atoms with Crippen molar-refractivity contribution in [2.24, 2.45) is 5.92 Å². The topological polar surface area (TPSA) is 55.8 Å². The lowest BCUT2D eigenvalue weighted by Gasteiger charge is -2.49. The van der Waals surface area contributed by atoms with E-state index >= 15 is 0 Å². The molecule has 2 unspecified atom stereocenters. The predicted molar refractivity (Wildman–Crippen MR) is 163 cm³/mol. The lowest BCUT2D eigenvalue weighted by atomic mass is 9.77. The van der Waals surface area contributed by atoms with Gasteiger partial charge in [0.15, 0.2) is 6.29 Å². The van der Waals surface area contributed by atoms with E-state index in [1.807, 2.05) is 89.3 Å². The number of carbonyl (C=O) groups is 2. The van der Waals surface area contributed by atoms with Crippen molar-refractivity contribution in [2.75, 3.05) is 13.2 Å². The first-order valence-corrected chi connectivity index (χ1v) is 14.8. The molecule has 4 rings (SSSR count). The van der Waals surface area contributed by atoms with Crippen LogP contribution in [0.25, 0.3) is 0 Å². The Kier molecular flexibility index (Phi) is 10.5. The number of likely N-dealkylation sites (tertiary alicyclic amines) is 1. The molecule has 1 fully saturated rings. The summed E-state index contributed by atoms with van der Waals surface area (Å²) in [6.45, 7) is 3.73. The Morgan fingerprint density at radius 2 is 1.76 bits per heavy atom. The first kappa shape index (κ1) is 31.7. The molecule has 0 aromatic heterocycles. The van der Waals surface area contributed by atoms with Crippen molar-refractivity contribution in [3.8, 4) is 0 Å². The number of rotatable bonds is 9. The summed E-state index contributed by atoms with van der Waals surface area (Å²) in [6.07, 6.45) is -1.89. The van der Waals surface area contributed by atoms with E-state index in [1.54, 1.807) is 24.8 Å². The standard InChI is InChI=1S/C33H33F3INO4/c1-23-15-27(18-29(16-23)33(34,35)36)24(2)42-22-32(28-11-7-4-8-12-28)14-13-26(17-30(37)20-39)19-38(32)31(40)41-21-25-9-5-3-6-10-25/h3-12,15-18,20,24,26H,13-14,19,21-22H2,1-2H3/b30-17-/t24?,26?,32-/m1/s1. The number of amides is 1. The average Bonchev–Trinajstić information content (AvgIpc) is 2.99. The van der Waals surface area contributed by atoms with Gasteiger partial charge in [0.2, 0.25) is 0 Å². The highest BCUT2D eigenvalue weighted by Crippen LogP contribution is 2.42. The van der Waals surface area contributed by atoms with Gasteiger partial charge in [-0.2, -0.15) is 13.2 Å². The van der Waals surface area contributed by atoms with Gasteiger partial charge in [0.25, 0.3) is 0 Å². The SMILES string of the molecule is Cc1cc(C(C)OC[C@@]2(c3ccccc3)CCC(/C=C(\I)C=O)CN2C(=O)OCc2ccccc2)cc(C(F)(F)F)c1. The van der Waals surface area contributed by atoms with E-state index in [0.717, 1.165) is 29.5 Å². The van der Waals surface area contributed by atoms with Crippen LogP contribution in [0.3, 0.4) is 0 Å². The molecule has 0 N–H and O–H groups in total. The molecule has 1 heterocycles. The normalized spacial score (nSPS) is 20.2. The molecule has 3 atom stereocenters. The number of hydrogen-bond acceptors (Lipinski definition) is 4. The van der Waals surface area contributed by atoms with Gasteiger partial charge in [-0.25, -0.2) is 4.79 Å². The number of alkyl halides is 3. The summed E-state index contributed by atoms with van der Waals surface area (Å²) in [6, 6.07) is 22.7. The summed E-state index contributed by atoms with van der Waals surface area (Å²) in [5, 5.41) is 0. The van der Waals surface area contributed by atoms with Gasteiger partial charge in [-0.05, 0) is 84.0 Å². The van der Waals surface area contributed by atoms with Crippen LogP contribution in [-0.4, -0.2) is 30.4 Å². The van der Waals surface area contributed by atoms with Crippen LogP contribution in [0.4, 0.5) is 18.0 Å². The molecular formula is C33H33F3INO4. The number of aldehydes is 1. The molecule has 3 aromatic rings. The van der Waals surface area contributed by atoms with Gasteiger partial charge >= 0.3 is 12.3 Å². The van der Waals surface area contributed by atoms with Gasteiger partial charge in [0, 0.05) is 10.1 Å².